The van der Waals surface area contributed by atoms with Crippen molar-refractivity contribution in [3.8, 4) is 0 Å². The van der Waals surface area contributed by atoms with Gasteiger partial charge in [-0.1, -0.05) is 66.7 Å². The van der Waals surface area contributed by atoms with E-state index in [0.29, 0.717) is 17.8 Å². The summed E-state index contributed by atoms with van der Waals surface area (Å²) in [4.78, 5) is 18.5. The van der Waals surface area contributed by atoms with Gasteiger partial charge in [-0.3, -0.25) is 4.79 Å². The lowest BCUT2D eigenvalue weighted by atomic mass is 9.87. The van der Waals surface area contributed by atoms with Crippen LogP contribution in [-0.2, 0) is 0 Å². The van der Waals surface area contributed by atoms with Gasteiger partial charge in [0.1, 0.15) is 0 Å². The Bertz CT molecular complexity index is 1270. The maximum absolute atomic E-state index is 13.7. The van der Waals surface area contributed by atoms with Crippen molar-refractivity contribution >= 4 is 28.0 Å². The summed E-state index contributed by atoms with van der Waals surface area (Å²) in [7, 11) is 0. The van der Waals surface area contributed by atoms with Gasteiger partial charge >= 0.3 is 0 Å². The zero-order valence-electron chi connectivity index (χ0n) is 20.1. The Hall–Kier alpha value is -2.95. The molecule has 1 amide bonds. The van der Waals surface area contributed by atoms with Crippen molar-refractivity contribution in [1.82, 2.24) is 9.80 Å². The van der Waals surface area contributed by atoms with E-state index in [2.05, 4.69) is 75.2 Å². The number of amides is 1. The average Bonchev–Trinajstić information content (AvgIpc) is 3.59. The number of benzene rings is 3. The summed E-state index contributed by atoms with van der Waals surface area (Å²) in [5, 5.41) is 6.64. The maximum Gasteiger partial charge on any atom is 0.254 e. The van der Waals surface area contributed by atoms with Crippen molar-refractivity contribution in [1.29, 1.82) is 0 Å². The molecule has 4 aromatic rings. The topological polar surface area (TPSA) is 23.6 Å². The van der Waals surface area contributed by atoms with Gasteiger partial charge in [0.15, 0.2) is 0 Å². The van der Waals surface area contributed by atoms with E-state index in [0.717, 1.165) is 49.1 Å². The third kappa shape index (κ3) is 4.65. The van der Waals surface area contributed by atoms with Crippen LogP contribution < -0.4 is 0 Å². The molecule has 3 aromatic carbocycles. The summed E-state index contributed by atoms with van der Waals surface area (Å²) in [6.07, 6.45) is 2.44. The number of hydrogen-bond acceptors (Lipinski definition) is 3. The van der Waals surface area contributed by atoms with E-state index < -0.39 is 0 Å². The van der Waals surface area contributed by atoms with E-state index in [4.69, 9.17) is 0 Å². The summed E-state index contributed by atoms with van der Waals surface area (Å²) < 4.78 is 0. The van der Waals surface area contributed by atoms with Crippen LogP contribution in [0.25, 0.3) is 10.8 Å². The molecule has 2 unspecified atom stereocenters. The predicted molar refractivity (Wildman–Crippen MR) is 145 cm³/mol. The SMILES string of the molecule is O=C(c1cccc2ccccc12)N1CC(CN2CCC(c3ccccc3)CC2)C(c2ccsc2)C1. The largest absolute Gasteiger partial charge is 0.338 e. The van der Waals surface area contributed by atoms with E-state index in [9.17, 15) is 4.79 Å². The van der Waals surface area contributed by atoms with Crippen molar-refractivity contribution in [2.75, 3.05) is 32.7 Å². The molecule has 0 bridgehead atoms. The van der Waals surface area contributed by atoms with Crippen LogP contribution >= 0.6 is 11.3 Å². The molecule has 0 N–H and O–H groups in total. The number of nitrogens with zero attached hydrogens (tertiary/aromatic N) is 2. The normalized spacial score (nSPS) is 21.5. The van der Waals surface area contributed by atoms with Gasteiger partial charge in [0.25, 0.3) is 5.91 Å². The number of thiophene rings is 1. The highest BCUT2D eigenvalue weighted by Gasteiger charge is 2.38. The highest BCUT2D eigenvalue weighted by atomic mass is 32.1. The molecular weight excluding hydrogens is 448 g/mol. The number of carbonyl (C=O) groups is 1. The molecule has 178 valence electrons. The molecule has 3 nitrogen and oxygen atoms in total. The standard InChI is InChI=1S/C31H32N2OS/c34-31(29-12-6-10-25-9-4-5-11-28(25)29)33-20-27(30(21-33)26-15-18-35-22-26)19-32-16-13-24(14-17-32)23-7-2-1-3-8-23/h1-12,15,18,22,24,27,30H,13-14,16-17,19-21H2. The second kappa shape index (κ2) is 9.96. The Morgan fingerprint density at radius 3 is 2.40 bits per heavy atom. The first-order valence-electron chi connectivity index (χ1n) is 12.8. The number of piperidine rings is 1. The molecule has 0 saturated carbocycles. The van der Waals surface area contributed by atoms with Crippen molar-refractivity contribution in [2.45, 2.75) is 24.7 Å². The van der Waals surface area contributed by atoms with Crippen LogP contribution in [0.2, 0.25) is 0 Å². The Morgan fingerprint density at radius 2 is 1.60 bits per heavy atom. The molecule has 0 aliphatic carbocycles. The molecule has 4 heteroatoms. The number of hydrogen-bond donors (Lipinski definition) is 0. The highest BCUT2D eigenvalue weighted by Crippen LogP contribution is 2.37. The fraction of sp³-hybridized carbons (Fsp3) is 0.323. The second-order valence-electron chi connectivity index (χ2n) is 10.1. The van der Waals surface area contributed by atoms with Gasteiger partial charge in [-0.25, -0.2) is 0 Å². The predicted octanol–water partition coefficient (Wildman–Crippen LogP) is 6.64. The molecule has 2 atom stereocenters. The molecule has 2 saturated heterocycles. The number of fused-ring (bicyclic) bond motifs is 1. The molecule has 35 heavy (non-hydrogen) atoms. The first kappa shape index (κ1) is 22.5. The van der Waals surface area contributed by atoms with Crippen LogP contribution in [0.4, 0.5) is 0 Å². The first-order chi connectivity index (χ1) is 17.3. The van der Waals surface area contributed by atoms with Crippen LogP contribution in [0, 0.1) is 5.92 Å². The summed E-state index contributed by atoms with van der Waals surface area (Å²) in [6.45, 7) is 5.00. The van der Waals surface area contributed by atoms with Crippen molar-refractivity contribution < 1.29 is 4.79 Å². The van der Waals surface area contributed by atoms with Crippen LogP contribution in [0.15, 0.2) is 89.6 Å². The smallest absolute Gasteiger partial charge is 0.254 e. The first-order valence-corrected chi connectivity index (χ1v) is 13.8. The Morgan fingerprint density at radius 1 is 0.829 bits per heavy atom. The Labute approximate surface area is 212 Å². The molecule has 0 radical (unpaired) electrons. The number of carbonyl (C=O) groups excluding carboxylic acids is 1. The van der Waals surface area contributed by atoms with Crippen molar-refractivity contribution in [3.05, 3.63) is 106 Å². The summed E-state index contributed by atoms with van der Waals surface area (Å²) in [6, 6.07) is 27.6. The zero-order valence-corrected chi connectivity index (χ0v) is 20.9. The lowest BCUT2D eigenvalue weighted by molar-refractivity contribution is 0.0783. The minimum absolute atomic E-state index is 0.173. The fourth-order valence-corrected chi connectivity index (χ4v) is 6.90. The van der Waals surface area contributed by atoms with Gasteiger partial charge < -0.3 is 9.80 Å². The molecule has 2 aliphatic heterocycles. The average molecular weight is 481 g/mol. The molecule has 2 fully saturated rings. The van der Waals surface area contributed by atoms with Gasteiger partial charge in [-0.2, -0.15) is 11.3 Å². The van der Waals surface area contributed by atoms with E-state index in [-0.39, 0.29) is 5.91 Å². The third-order valence-corrected chi connectivity index (χ3v) is 8.77. The molecule has 1 aromatic heterocycles. The second-order valence-corrected chi connectivity index (χ2v) is 10.9. The van der Waals surface area contributed by atoms with Gasteiger partial charge in [0.05, 0.1) is 0 Å². The van der Waals surface area contributed by atoms with Crippen LogP contribution in [0.3, 0.4) is 0 Å². The van der Waals surface area contributed by atoms with E-state index in [1.165, 1.54) is 24.0 Å². The summed E-state index contributed by atoms with van der Waals surface area (Å²) >= 11 is 1.76. The van der Waals surface area contributed by atoms with Crippen LogP contribution in [0.5, 0.6) is 0 Å². The third-order valence-electron chi connectivity index (χ3n) is 8.07. The summed E-state index contributed by atoms with van der Waals surface area (Å²) in [5.41, 5.74) is 3.71. The highest BCUT2D eigenvalue weighted by molar-refractivity contribution is 7.08. The van der Waals surface area contributed by atoms with E-state index >= 15 is 0 Å². The van der Waals surface area contributed by atoms with Crippen LogP contribution in [0.1, 0.15) is 46.2 Å². The molecule has 2 aliphatic rings. The minimum Gasteiger partial charge on any atom is -0.338 e. The number of rotatable bonds is 5. The lowest BCUT2D eigenvalue weighted by Gasteiger charge is -2.34. The Kier molecular flexibility index (Phi) is 6.41. The lowest BCUT2D eigenvalue weighted by Crippen LogP contribution is -2.38. The minimum atomic E-state index is 0.173. The van der Waals surface area contributed by atoms with Crippen LogP contribution in [-0.4, -0.2) is 48.4 Å². The quantitative estimate of drug-likeness (QED) is 0.320. The van der Waals surface area contributed by atoms with Crippen molar-refractivity contribution in [2.24, 2.45) is 5.92 Å². The molecule has 6 rings (SSSR count). The van der Waals surface area contributed by atoms with Gasteiger partial charge in [-0.15, -0.1) is 0 Å². The summed E-state index contributed by atoms with van der Waals surface area (Å²) in [5.74, 6) is 1.73. The van der Waals surface area contributed by atoms with Gasteiger partial charge in [-0.05, 0) is 82.6 Å². The van der Waals surface area contributed by atoms with E-state index in [1.54, 1.807) is 11.3 Å². The molecular formula is C31H32N2OS. The van der Waals surface area contributed by atoms with Gasteiger partial charge in [0.2, 0.25) is 0 Å². The monoisotopic (exact) mass is 480 g/mol. The van der Waals surface area contributed by atoms with Gasteiger partial charge in [0, 0.05) is 31.1 Å². The fourth-order valence-electron chi connectivity index (χ4n) is 6.17. The zero-order chi connectivity index (χ0) is 23.6. The van der Waals surface area contributed by atoms with Crippen molar-refractivity contribution in [3.63, 3.8) is 0 Å². The molecule has 3 heterocycles. The Balaban J connectivity index is 1.18. The van der Waals surface area contributed by atoms with E-state index in [1.807, 2.05) is 24.3 Å². The molecule has 0 spiro atoms. The number of likely N-dealkylation sites (tertiary alicyclic amines) is 2. The maximum atomic E-state index is 13.7.